The van der Waals surface area contributed by atoms with Crippen molar-refractivity contribution in [2.45, 2.75) is 90.6 Å². The third-order valence-corrected chi connectivity index (χ3v) is 9.42. The van der Waals surface area contributed by atoms with Crippen LogP contribution in [0.1, 0.15) is 93.6 Å². The number of phenols is 1. The molecule has 11 nitrogen and oxygen atoms in total. The highest BCUT2D eigenvalue weighted by Crippen LogP contribution is 2.52. The van der Waals surface area contributed by atoms with E-state index in [-0.39, 0.29) is 36.1 Å². The van der Waals surface area contributed by atoms with E-state index in [0.29, 0.717) is 17.7 Å². The molecule has 3 rings (SSSR count). The predicted molar refractivity (Wildman–Crippen MR) is 170 cm³/mol. The molecule has 1 aromatic rings. The summed E-state index contributed by atoms with van der Waals surface area (Å²) < 4.78 is 0. The Morgan fingerprint density at radius 3 is 2.23 bits per heavy atom. The number of rotatable bonds is 17. The summed E-state index contributed by atoms with van der Waals surface area (Å²) in [6, 6.07) is 1.92. The number of primary amides is 1. The molecule has 2 aliphatic carbocycles. The summed E-state index contributed by atoms with van der Waals surface area (Å²) in [6.45, 7) is 7.27. The Labute approximate surface area is 260 Å². The second kappa shape index (κ2) is 15.1. The summed E-state index contributed by atoms with van der Waals surface area (Å²) in [5.41, 5.74) is 4.79. The zero-order chi connectivity index (χ0) is 32.8. The van der Waals surface area contributed by atoms with Crippen molar-refractivity contribution in [3.8, 4) is 5.75 Å². The fourth-order valence-electron chi connectivity index (χ4n) is 6.91. The molecule has 1 aromatic carbocycles. The van der Waals surface area contributed by atoms with Crippen LogP contribution in [0, 0.1) is 22.7 Å². The van der Waals surface area contributed by atoms with E-state index >= 15 is 0 Å². The maximum atomic E-state index is 14.3. The number of ketones is 2. The summed E-state index contributed by atoms with van der Waals surface area (Å²) >= 11 is 0. The number of aromatic hydroxyl groups is 1. The molecule has 0 spiro atoms. The Hall–Kier alpha value is -3.31. The van der Waals surface area contributed by atoms with Crippen molar-refractivity contribution in [3.63, 3.8) is 0 Å². The van der Waals surface area contributed by atoms with Crippen LogP contribution in [0.2, 0.25) is 0 Å². The van der Waals surface area contributed by atoms with Gasteiger partial charge in [0.15, 0.2) is 11.6 Å². The molecule has 4 atom stereocenters. The summed E-state index contributed by atoms with van der Waals surface area (Å²) in [5.74, 6) is -6.69. The van der Waals surface area contributed by atoms with Gasteiger partial charge < -0.3 is 26.0 Å². The first-order chi connectivity index (χ1) is 20.9. The number of carbonyl (C=O) groups excluding carboxylic acids is 3. The number of nitrogens with zero attached hydrogens (tertiary/aromatic N) is 3. The van der Waals surface area contributed by atoms with Crippen molar-refractivity contribution < 1.29 is 29.7 Å². The zero-order valence-corrected chi connectivity index (χ0v) is 26.9. The number of aliphatic hydroxyl groups excluding tert-OH is 2. The molecule has 0 fully saturated rings. The lowest BCUT2D eigenvalue weighted by molar-refractivity contribution is -0.136. The van der Waals surface area contributed by atoms with Crippen molar-refractivity contribution in [3.05, 3.63) is 39.0 Å². The average molecular weight is 615 g/mol. The van der Waals surface area contributed by atoms with Crippen LogP contribution in [0.25, 0.3) is 0 Å². The van der Waals surface area contributed by atoms with E-state index < -0.39 is 53.1 Å². The minimum absolute atomic E-state index is 0.0434. The Bertz CT molecular complexity index is 1270. The van der Waals surface area contributed by atoms with Crippen molar-refractivity contribution in [1.82, 2.24) is 4.90 Å². The van der Waals surface area contributed by atoms with Gasteiger partial charge in [-0.25, -0.2) is 0 Å². The van der Waals surface area contributed by atoms with Gasteiger partial charge in [0.25, 0.3) is 0 Å². The number of hydrogen-bond acceptors (Lipinski definition) is 10. The van der Waals surface area contributed by atoms with Crippen LogP contribution in [0.3, 0.4) is 0 Å². The number of phenolic OH excluding ortho intramolecular Hbond substituents is 1. The highest BCUT2D eigenvalue weighted by Gasteiger charge is 2.59. The fourth-order valence-corrected chi connectivity index (χ4v) is 6.91. The minimum atomic E-state index is -2.46. The van der Waals surface area contributed by atoms with E-state index in [9.17, 15) is 34.6 Å². The molecule has 0 bridgehead atoms. The number of nitroso groups, excluding NO2 is 1. The van der Waals surface area contributed by atoms with Crippen molar-refractivity contribution in [2.24, 2.45) is 28.7 Å². The molecule has 0 saturated carbocycles. The molecule has 5 N–H and O–H groups in total. The molecule has 44 heavy (non-hydrogen) atoms. The van der Waals surface area contributed by atoms with Crippen LogP contribution >= 0.6 is 0 Å². The fraction of sp³-hybridized carbons (Fsp3) is 0.667. The predicted octanol–water partition coefficient (Wildman–Crippen LogP) is 4.41. The first kappa shape index (κ1) is 35.2. The van der Waals surface area contributed by atoms with E-state index in [0.717, 1.165) is 57.3 Å². The molecule has 0 aromatic heterocycles. The lowest BCUT2D eigenvalue weighted by atomic mass is 9.60. The first-order valence-corrected chi connectivity index (χ1v) is 16.0. The lowest BCUT2D eigenvalue weighted by Gasteiger charge is -2.43. The summed E-state index contributed by atoms with van der Waals surface area (Å²) in [5, 5.41) is 36.2. The van der Waals surface area contributed by atoms with Gasteiger partial charge in [0, 0.05) is 50.0 Å². The van der Waals surface area contributed by atoms with Gasteiger partial charge in [-0.1, -0.05) is 39.5 Å². The van der Waals surface area contributed by atoms with Gasteiger partial charge in [0.2, 0.25) is 11.4 Å². The highest BCUT2D eigenvalue weighted by atomic mass is 16.3. The number of amides is 1. The summed E-state index contributed by atoms with van der Waals surface area (Å²) in [6.07, 6.45) is 6.68. The number of carbonyl (C=O) groups is 3. The quantitative estimate of drug-likeness (QED) is 0.113. The molecule has 0 radical (unpaired) electrons. The van der Waals surface area contributed by atoms with Gasteiger partial charge in [-0.2, -0.15) is 0 Å². The number of hydrogen-bond donors (Lipinski definition) is 4. The van der Waals surface area contributed by atoms with Gasteiger partial charge in [0.1, 0.15) is 11.5 Å². The molecule has 0 heterocycles. The van der Waals surface area contributed by atoms with E-state index in [1.54, 1.807) is 0 Å². The van der Waals surface area contributed by atoms with E-state index in [4.69, 9.17) is 5.73 Å². The maximum absolute atomic E-state index is 14.3. The van der Waals surface area contributed by atoms with Crippen molar-refractivity contribution in [1.29, 1.82) is 0 Å². The van der Waals surface area contributed by atoms with Gasteiger partial charge in [-0.05, 0) is 74.8 Å². The standard InChI is InChI=1S/C33H50N4O7/c1-6-8-10-13-37(14-11-9-7-2)19-22-18-25(36(4)5)24-17-21-16-23(12-15-38)33(35-44,30(41)20(3)32(34)43)31(42)26(21)29(40)27(24)28(22)39/h18,20-21,23,38-39,42H,6-17,19H2,1-5H3,(H2,34,43)/t20?,21-,23-,33-/m1/s1. The van der Waals surface area contributed by atoms with Crippen LogP contribution in [0.4, 0.5) is 5.69 Å². The Morgan fingerprint density at radius 1 is 1.11 bits per heavy atom. The Kier molecular flexibility index (Phi) is 12.1. The minimum Gasteiger partial charge on any atom is -0.509 e. The van der Waals surface area contributed by atoms with Crippen LogP contribution in [0.15, 0.2) is 22.6 Å². The van der Waals surface area contributed by atoms with Crippen molar-refractivity contribution >= 4 is 23.2 Å². The summed E-state index contributed by atoms with van der Waals surface area (Å²) in [4.78, 5) is 56.5. The summed E-state index contributed by atoms with van der Waals surface area (Å²) in [7, 11) is 3.73. The van der Waals surface area contributed by atoms with Gasteiger partial charge in [-0.3, -0.25) is 19.3 Å². The number of anilines is 1. The Morgan fingerprint density at radius 2 is 1.73 bits per heavy atom. The zero-order valence-electron chi connectivity index (χ0n) is 26.9. The van der Waals surface area contributed by atoms with E-state index in [1.165, 1.54) is 6.92 Å². The molecular weight excluding hydrogens is 564 g/mol. The number of aliphatic hydroxyl groups is 2. The molecule has 0 saturated heterocycles. The van der Waals surface area contributed by atoms with Crippen molar-refractivity contribution in [2.75, 3.05) is 38.7 Å². The number of nitrogens with two attached hydrogens (primary N) is 1. The molecule has 244 valence electrons. The average Bonchev–Trinajstić information content (AvgIpc) is 2.98. The lowest BCUT2D eigenvalue weighted by Crippen LogP contribution is -2.55. The molecule has 2 aliphatic rings. The second-order valence-corrected chi connectivity index (χ2v) is 12.6. The normalized spacial score (nSPS) is 22.0. The van der Waals surface area contributed by atoms with E-state index in [1.807, 2.05) is 25.1 Å². The topological polar surface area (TPSA) is 174 Å². The third-order valence-electron chi connectivity index (χ3n) is 9.42. The Balaban J connectivity index is 2.19. The van der Waals surface area contributed by atoms with Crippen LogP contribution in [-0.4, -0.2) is 77.0 Å². The van der Waals surface area contributed by atoms with Gasteiger partial charge in [-0.15, -0.1) is 4.91 Å². The number of benzene rings is 1. The maximum Gasteiger partial charge on any atom is 0.227 e. The number of fused-ring (bicyclic) bond motifs is 2. The first-order valence-electron chi connectivity index (χ1n) is 16.0. The van der Waals surface area contributed by atoms with E-state index in [2.05, 4.69) is 23.9 Å². The monoisotopic (exact) mass is 614 g/mol. The van der Waals surface area contributed by atoms with Crippen LogP contribution in [0.5, 0.6) is 5.75 Å². The van der Waals surface area contributed by atoms with Gasteiger partial charge >= 0.3 is 0 Å². The molecule has 11 heteroatoms. The number of unbranched alkanes of at least 4 members (excludes halogenated alkanes) is 4. The largest absolute Gasteiger partial charge is 0.509 e. The van der Waals surface area contributed by atoms with Crippen LogP contribution in [-0.2, 0) is 22.6 Å². The van der Waals surface area contributed by atoms with Gasteiger partial charge in [0.05, 0.1) is 11.5 Å². The molecule has 1 unspecified atom stereocenters. The second-order valence-electron chi connectivity index (χ2n) is 12.6. The number of allylic oxidation sites excluding steroid dienone is 1. The smallest absolute Gasteiger partial charge is 0.227 e. The molecule has 0 aliphatic heterocycles. The third kappa shape index (κ3) is 6.68. The number of Topliss-reactive ketones (excluding diaryl/α,β-unsaturated/α-hetero) is 2. The molecular formula is C33H50N4O7. The highest BCUT2D eigenvalue weighted by molar-refractivity contribution is 6.16. The molecule has 1 amide bonds. The SMILES string of the molecule is CCCCCN(CCCCC)Cc1cc(N(C)C)c2c(c1O)C(=O)C1=C(O)[C@](N=O)(C(=O)C(C)C(N)=O)[C@H](CCO)C[C@@H]1C2. The van der Waals surface area contributed by atoms with Crippen LogP contribution < -0.4 is 10.6 Å².